The molecule has 50 heavy (non-hydrogen) atoms. The number of nitrogen functional groups attached to an aromatic ring is 1. The van der Waals surface area contributed by atoms with Gasteiger partial charge in [-0.15, -0.1) is 11.3 Å². The molecular formula is C37H41F2N7O3S. The number of anilines is 2. The van der Waals surface area contributed by atoms with Crippen molar-refractivity contribution in [2.24, 2.45) is 0 Å². The number of methoxy groups -OCH3 is 1. The van der Waals surface area contributed by atoms with Crippen LogP contribution in [-0.2, 0) is 22.7 Å². The van der Waals surface area contributed by atoms with Crippen molar-refractivity contribution in [1.29, 1.82) is 5.26 Å². The van der Waals surface area contributed by atoms with Crippen LogP contribution in [0.1, 0.15) is 55.7 Å². The van der Waals surface area contributed by atoms with Gasteiger partial charge in [-0.2, -0.15) is 15.2 Å². The Kier molecular flexibility index (Phi) is 7.89. The highest BCUT2D eigenvalue weighted by Gasteiger charge is 2.50. The molecule has 5 aliphatic rings. The van der Waals surface area contributed by atoms with E-state index in [1.54, 1.807) is 7.11 Å². The van der Waals surface area contributed by atoms with E-state index in [1.807, 2.05) is 18.2 Å². The monoisotopic (exact) mass is 701 g/mol. The Labute approximate surface area is 293 Å². The summed E-state index contributed by atoms with van der Waals surface area (Å²) in [7, 11) is 1.74. The standard InChI is InChI=1S/C37H41F2N7O3S/c1-20(47-2)13-44-15-22-7-8-23(16-44)46(22)35-31-27-18-48-17-26(27)30(24-5-3-6-28-29(24)25(12-40)34(41)50-28)32(39)33(31)42-36(43-35)49-19-37-9-4-10-45(37)14-21(38)11-37/h3,5-6,20-23H,4,7-11,13-19,41H2,1-2H3/t20-,21-,22?,23?,37+/m1/s1. The van der Waals surface area contributed by atoms with Crippen LogP contribution >= 0.6 is 11.3 Å². The third kappa shape index (κ3) is 4.98. The van der Waals surface area contributed by atoms with Crippen LogP contribution in [0.25, 0.3) is 32.1 Å². The Morgan fingerprint density at radius 1 is 1.16 bits per heavy atom. The zero-order valence-corrected chi connectivity index (χ0v) is 29.2. The maximum Gasteiger partial charge on any atom is 0.319 e. The summed E-state index contributed by atoms with van der Waals surface area (Å²) in [5.41, 5.74) is 8.97. The van der Waals surface area contributed by atoms with Crippen molar-refractivity contribution in [1.82, 2.24) is 19.8 Å². The van der Waals surface area contributed by atoms with Crippen molar-refractivity contribution in [2.75, 3.05) is 57.1 Å². The topological polar surface area (TPSA) is 113 Å². The molecule has 4 aromatic rings. The van der Waals surface area contributed by atoms with E-state index in [2.05, 4.69) is 27.7 Å². The van der Waals surface area contributed by atoms with E-state index in [4.69, 9.17) is 29.9 Å². The zero-order valence-electron chi connectivity index (χ0n) is 28.4. The fourth-order valence-corrected chi connectivity index (χ4v) is 10.5. The second-order valence-corrected chi connectivity index (χ2v) is 15.8. The van der Waals surface area contributed by atoms with Gasteiger partial charge in [-0.05, 0) is 61.9 Å². The average Bonchev–Trinajstić information content (AvgIpc) is 3.91. The predicted molar refractivity (Wildman–Crippen MR) is 189 cm³/mol. The van der Waals surface area contributed by atoms with Gasteiger partial charge in [0.1, 0.15) is 35.2 Å². The van der Waals surface area contributed by atoms with Gasteiger partial charge >= 0.3 is 6.01 Å². The van der Waals surface area contributed by atoms with Crippen molar-refractivity contribution in [2.45, 2.75) is 82.1 Å². The number of ether oxygens (including phenoxy) is 3. The maximum atomic E-state index is 17.6. The molecule has 10 nitrogen and oxygen atoms in total. The highest BCUT2D eigenvalue weighted by atomic mass is 32.1. The highest BCUT2D eigenvalue weighted by molar-refractivity contribution is 7.23. The number of alkyl halides is 1. The van der Waals surface area contributed by atoms with Crippen molar-refractivity contribution >= 4 is 43.1 Å². The number of piperazine rings is 1. The number of rotatable bonds is 8. The number of fused-ring (bicyclic) bond motifs is 7. The Bertz CT molecular complexity index is 2040. The molecule has 2 bridgehead atoms. The fourth-order valence-electron chi connectivity index (χ4n) is 9.58. The minimum atomic E-state index is -0.894. The summed E-state index contributed by atoms with van der Waals surface area (Å²) in [5, 5.41) is 11.8. The number of likely N-dealkylation sites (tertiary alicyclic amines) is 1. The summed E-state index contributed by atoms with van der Waals surface area (Å²) in [6, 6.07) is 8.33. The van der Waals surface area contributed by atoms with E-state index in [1.165, 1.54) is 11.3 Å². The minimum absolute atomic E-state index is 0.102. The number of nitriles is 1. The van der Waals surface area contributed by atoms with Gasteiger partial charge < -0.3 is 24.8 Å². The lowest BCUT2D eigenvalue weighted by atomic mass is 9.90. The maximum absolute atomic E-state index is 17.6. The van der Waals surface area contributed by atoms with Gasteiger partial charge in [0.15, 0.2) is 5.82 Å². The first-order valence-electron chi connectivity index (χ1n) is 17.7. The molecule has 262 valence electrons. The van der Waals surface area contributed by atoms with E-state index < -0.39 is 17.5 Å². The number of nitrogens with zero attached hydrogens (tertiary/aromatic N) is 6. The van der Waals surface area contributed by atoms with E-state index in [0.717, 1.165) is 67.7 Å². The van der Waals surface area contributed by atoms with Crippen LogP contribution in [0.5, 0.6) is 6.01 Å². The summed E-state index contributed by atoms with van der Waals surface area (Å²) in [4.78, 5) is 17.0. The van der Waals surface area contributed by atoms with Crippen LogP contribution in [-0.4, -0.2) is 96.1 Å². The molecule has 4 saturated heterocycles. The molecule has 7 heterocycles. The average molecular weight is 702 g/mol. The Morgan fingerprint density at radius 2 is 1.96 bits per heavy atom. The molecule has 2 unspecified atom stereocenters. The molecule has 5 atom stereocenters. The van der Waals surface area contributed by atoms with Crippen LogP contribution in [0.15, 0.2) is 18.2 Å². The van der Waals surface area contributed by atoms with Gasteiger partial charge in [0.25, 0.3) is 0 Å². The number of aromatic nitrogens is 2. The van der Waals surface area contributed by atoms with Gasteiger partial charge in [0.05, 0.1) is 35.8 Å². The van der Waals surface area contributed by atoms with Gasteiger partial charge in [-0.25, -0.2) is 8.78 Å². The second-order valence-electron chi connectivity index (χ2n) is 14.7. The predicted octanol–water partition coefficient (Wildman–Crippen LogP) is 5.78. The molecule has 0 spiro atoms. The van der Waals surface area contributed by atoms with Crippen LogP contribution in [0, 0.1) is 17.1 Å². The molecule has 2 N–H and O–H groups in total. The number of benzene rings is 2. The molecule has 9 rings (SSSR count). The zero-order chi connectivity index (χ0) is 34.3. The number of nitrogens with two attached hydrogens (primary N) is 1. The lowest BCUT2D eigenvalue weighted by molar-refractivity contribution is 0.0686. The second kappa shape index (κ2) is 12.2. The fraction of sp³-hybridized carbons (Fsp3) is 0.541. The molecule has 4 fully saturated rings. The molecule has 0 aliphatic carbocycles. The summed E-state index contributed by atoms with van der Waals surface area (Å²) in [6.45, 7) is 6.64. The molecule has 2 aromatic carbocycles. The Morgan fingerprint density at radius 3 is 2.74 bits per heavy atom. The summed E-state index contributed by atoms with van der Waals surface area (Å²) in [5.74, 6) is 0.180. The van der Waals surface area contributed by atoms with Crippen LogP contribution in [0.2, 0.25) is 0 Å². The molecule has 0 amide bonds. The van der Waals surface area contributed by atoms with E-state index >= 15 is 4.39 Å². The molecule has 2 aromatic heterocycles. The summed E-state index contributed by atoms with van der Waals surface area (Å²) >= 11 is 1.32. The van der Waals surface area contributed by atoms with Crippen LogP contribution in [0.3, 0.4) is 0 Å². The third-order valence-electron chi connectivity index (χ3n) is 11.8. The summed E-state index contributed by atoms with van der Waals surface area (Å²) < 4.78 is 51.2. The van der Waals surface area contributed by atoms with Gasteiger partial charge in [-0.3, -0.25) is 9.80 Å². The normalized spacial score (nSPS) is 26.9. The van der Waals surface area contributed by atoms with Gasteiger partial charge in [0.2, 0.25) is 0 Å². The van der Waals surface area contributed by atoms with Gasteiger partial charge in [-0.1, -0.05) is 12.1 Å². The van der Waals surface area contributed by atoms with Crippen LogP contribution in [0.4, 0.5) is 19.6 Å². The molecule has 0 saturated carbocycles. The molecular weight excluding hydrogens is 661 g/mol. The van der Waals surface area contributed by atoms with Gasteiger partial charge in [0, 0.05) is 67.4 Å². The number of hydrogen-bond donors (Lipinski definition) is 1. The van der Waals surface area contributed by atoms with Crippen molar-refractivity contribution < 1.29 is 23.0 Å². The third-order valence-corrected chi connectivity index (χ3v) is 12.8. The van der Waals surface area contributed by atoms with E-state index in [9.17, 15) is 9.65 Å². The Hall–Kier alpha value is -3.67. The molecule has 13 heteroatoms. The van der Waals surface area contributed by atoms with Crippen molar-refractivity contribution in [3.63, 3.8) is 0 Å². The van der Waals surface area contributed by atoms with Crippen LogP contribution < -0.4 is 15.4 Å². The first-order chi connectivity index (χ1) is 24.3. The largest absolute Gasteiger partial charge is 0.461 e. The minimum Gasteiger partial charge on any atom is -0.461 e. The number of hydrogen-bond acceptors (Lipinski definition) is 11. The first-order valence-corrected chi connectivity index (χ1v) is 18.5. The smallest absolute Gasteiger partial charge is 0.319 e. The van der Waals surface area contributed by atoms with Crippen molar-refractivity contribution in [3.05, 3.63) is 40.7 Å². The number of thiophene rings is 1. The van der Waals surface area contributed by atoms with Crippen molar-refractivity contribution in [3.8, 4) is 23.2 Å². The highest BCUT2D eigenvalue weighted by Crippen LogP contribution is 2.49. The molecule has 5 aliphatic heterocycles. The quantitative estimate of drug-likeness (QED) is 0.243. The van der Waals surface area contributed by atoms with E-state index in [-0.39, 0.29) is 42.9 Å². The summed E-state index contributed by atoms with van der Waals surface area (Å²) in [6.07, 6.45) is 3.47. The SMILES string of the molecule is CO[C@H](C)CN1CC2CCC(C1)N2c1nc(OC[C@@]23CCCN2C[C@H](F)C3)nc2c(F)c(-c3cccc4sc(N)c(C#N)c34)c3c(c12)COC3. The Balaban J connectivity index is 1.22. The lowest BCUT2D eigenvalue weighted by Gasteiger charge is -2.43. The lowest BCUT2D eigenvalue weighted by Crippen LogP contribution is -2.55. The molecule has 0 radical (unpaired) electrons. The number of halogens is 2. The first kappa shape index (κ1) is 32.3. The van der Waals surface area contributed by atoms with E-state index in [0.29, 0.717) is 57.9 Å².